The summed E-state index contributed by atoms with van der Waals surface area (Å²) in [6, 6.07) is 9.26. The Labute approximate surface area is 327 Å². The number of imidazole rings is 1. The summed E-state index contributed by atoms with van der Waals surface area (Å²) in [7, 11) is 0. The molecule has 2 heterocycles. The Balaban J connectivity index is 1.27. The number of rotatable bonds is 15. The predicted molar refractivity (Wildman–Crippen MR) is 209 cm³/mol. The number of carbonyl (C=O) groups is 6. The second-order valence-electron chi connectivity index (χ2n) is 16.5. The summed E-state index contributed by atoms with van der Waals surface area (Å²) in [5.41, 5.74) is -0.827. The third kappa shape index (κ3) is 9.75. The molecule has 300 valence electrons. The van der Waals surface area contributed by atoms with Crippen molar-refractivity contribution in [2.24, 2.45) is 11.3 Å². The quantitative estimate of drug-likeness (QED) is 0.144. The maximum absolute atomic E-state index is 14.9. The number of aromatic nitrogens is 2. The molecule has 14 nitrogen and oxygen atoms in total. The van der Waals surface area contributed by atoms with Gasteiger partial charge in [-0.2, -0.15) is 0 Å². The highest BCUT2D eigenvalue weighted by atomic mass is 16.5. The number of aromatic amines is 1. The van der Waals surface area contributed by atoms with Gasteiger partial charge in [-0.15, -0.1) is 0 Å². The molecule has 14 heteroatoms. The molecule has 5 atom stereocenters. The number of carbonyl (C=O) groups excluding carboxylic acids is 6. The Morgan fingerprint density at radius 2 is 1.66 bits per heavy atom. The lowest BCUT2D eigenvalue weighted by Gasteiger charge is -2.37. The van der Waals surface area contributed by atoms with E-state index in [1.807, 2.05) is 70.2 Å². The van der Waals surface area contributed by atoms with Gasteiger partial charge in [-0.3, -0.25) is 28.8 Å². The Hall–Kier alpha value is -5.27. The lowest BCUT2D eigenvalue weighted by Crippen LogP contribution is -2.62. The Morgan fingerprint density at radius 3 is 2.34 bits per heavy atom. The number of ketones is 1. The van der Waals surface area contributed by atoms with Crippen LogP contribution in [0.3, 0.4) is 0 Å². The van der Waals surface area contributed by atoms with Crippen LogP contribution in [0.5, 0.6) is 5.75 Å². The van der Waals surface area contributed by atoms with Crippen LogP contribution in [-0.2, 0) is 24.0 Å². The lowest BCUT2D eigenvalue weighted by molar-refractivity contribution is -0.145. The first kappa shape index (κ1) is 40.4. The van der Waals surface area contributed by atoms with E-state index in [1.165, 1.54) is 17.3 Å². The predicted octanol–water partition coefficient (Wildman–Crippen LogP) is 3.95. The number of hydrogen-bond donors (Lipinski definition) is 5. The van der Waals surface area contributed by atoms with Crippen LogP contribution in [0.4, 0.5) is 0 Å². The zero-order valence-electron chi connectivity index (χ0n) is 32.8. The summed E-state index contributed by atoms with van der Waals surface area (Å²) in [6.45, 7) is 7.38. The second kappa shape index (κ2) is 17.7. The molecular formula is C42H55N7O7. The SMILES string of the molecule is CCC[C@H](NC(=O)[C@@H]1C[C@@H](Oc2cccc3ccccc23)CN1C(=O)[C@@H](NC(=O)[C@@H](NC(=O)c1ncc[nH]1)C1CCCCC1)C(C)(C)C)C(=O)C(=O)NC1CC1. The molecular weight excluding hydrogens is 715 g/mol. The average Bonchev–Trinajstić information content (AvgIpc) is 3.62. The van der Waals surface area contributed by atoms with Gasteiger partial charge >= 0.3 is 0 Å². The van der Waals surface area contributed by atoms with E-state index in [1.54, 1.807) is 0 Å². The van der Waals surface area contributed by atoms with Gasteiger partial charge in [0.25, 0.3) is 11.8 Å². The highest BCUT2D eigenvalue weighted by molar-refractivity contribution is 6.38. The van der Waals surface area contributed by atoms with Gasteiger partial charge in [0.05, 0.1) is 12.6 Å². The van der Waals surface area contributed by atoms with Crippen molar-refractivity contribution in [1.29, 1.82) is 0 Å². The standard InChI is InChI=1S/C42H55N7O7/c1-5-12-30(34(50)39(53)45-27-19-20-27)46-37(51)31-23-28(56-32-18-11-16-25-13-9-10-17-29(25)32)24-49(31)41(55)35(42(2,3)4)48-38(52)33(26-14-7-6-8-15-26)47-40(54)36-43-21-22-44-36/h9-11,13,16-18,21-22,26-28,30-31,33,35H,5-8,12,14-15,19-20,23-24H2,1-4H3,(H,43,44)(H,45,53)(H,46,51)(H,47,54)(H,48,52)/t28-,30+,31+,33+,35-/m1/s1. The Kier molecular flexibility index (Phi) is 12.8. The molecule has 6 rings (SSSR count). The monoisotopic (exact) mass is 769 g/mol. The Bertz CT molecular complexity index is 1890. The fourth-order valence-corrected chi connectivity index (χ4v) is 7.83. The molecule has 5 amide bonds. The summed E-state index contributed by atoms with van der Waals surface area (Å²) in [4.78, 5) is 91.0. The number of nitrogens with one attached hydrogen (secondary N) is 5. The number of amides is 5. The van der Waals surface area contributed by atoms with Gasteiger partial charge in [0.1, 0.15) is 30.0 Å². The molecule has 1 aliphatic heterocycles. The maximum Gasteiger partial charge on any atom is 0.289 e. The third-order valence-electron chi connectivity index (χ3n) is 11.0. The fourth-order valence-electron chi connectivity index (χ4n) is 7.83. The molecule has 2 aliphatic carbocycles. The summed E-state index contributed by atoms with van der Waals surface area (Å²) in [5.74, 6) is -3.03. The van der Waals surface area contributed by atoms with E-state index < -0.39 is 71.0 Å². The molecule has 3 fully saturated rings. The van der Waals surface area contributed by atoms with Crippen LogP contribution in [0, 0.1) is 11.3 Å². The van der Waals surface area contributed by atoms with Crippen molar-refractivity contribution in [2.45, 2.75) is 128 Å². The molecule has 0 radical (unpaired) electrons. The molecule has 2 saturated carbocycles. The van der Waals surface area contributed by atoms with E-state index in [2.05, 4.69) is 31.2 Å². The molecule has 3 aliphatic rings. The second-order valence-corrected chi connectivity index (χ2v) is 16.5. The number of nitrogens with zero attached hydrogens (tertiary/aromatic N) is 2. The van der Waals surface area contributed by atoms with Crippen LogP contribution >= 0.6 is 0 Å². The molecule has 0 bridgehead atoms. The van der Waals surface area contributed by atoms with Crippen LogP contribution in [0.15, 0.2) is 54.9 Å². The Morgan fingerprint density at radius 1 is 0.929 bits per heavy atom. The average molecular weight is 770 g/mol. The van der Waals surface area contributed by atoms with E-state index in [9.17, 15) is 28.8 Å². The van der Waals surface area contributed by atoms with Crippen molar-refractivity contribution < 1.29 is 33.5 Å². The minimum atomic E-state index is -1.11. The maximum atomic E-state index is 14.9. The number of hydrogen-bond acceptors (Lipinski definition) is 8. The zero-order valence-corrected chi connectivity index (χ0v) is 32.8. The van der Waals surface area contributed by atoms with Crippen LogP contribution < -0.4 is 26.0 Å². The van der Waals surface area contributed by atoms with Gasteiger partial charge in [-0.05, 0) is 54.9 Å². The van der Waals surface area contributed by atoms with Crippen LogP contribution in [0.25, 0.3) is 10.8 Å². The summed E-state index contributed by atoms with van der Waals surface area (Å²) in [5, 5.41) is 13.2. The van der Waals surface area contributed by atoms with Gasteiger partial charge in [-0.1, -0.05) is 89.8 Å². The topological polar surface area (TPSA) is 192 Å². The van der Waals surface area contributed by atoms with E-state index in [-0.39, 0.29) is 37.2 Å². The van der Waals surface area contributed by atoms with Crippen LogP contribution in [0.2, 0.25) is 0 Å². The molecule has 56 heavy (non-hydrogen) atoms. The number of ether oxygens (including phenoxy) is 1. The van der Waals surface area contributed by atoms with Crippen molar-refractivity contribution in [2.75, 3.05) is 6.54 Å². The van der Waals surface area contributed by atoms with Crippen molar-refractivity contribution >= 4 is 46.1 Å². The van der Waals surface area contributed by atoms with Gasteiger partial charge in [-0.25, -0.2) is 4.98 Å². The van der Waals surface area contributed by atoms with Gasteiger partial charge < -0.3 is 35.9 Å². The molecule has 0 spiro atoms. The van der Waals surface area contributed by atoms with Gasteiger partial charge in [0.2, 0.25) is 23.5 Å². The van der Waals surface area contributed by atoms with Crippen molar-refractivity contribution in [3.63, 3.8) is 0 Å². The van der Waals surface area contributed by atoms with Crippen molar-refractivity contribution in [1.82, 2.24) is 36.1 Å². The number of benzene rings is 2. The minimum Gasteiger partial charge on any atom is -0.488 e. The third-order valence-corrected chi connectivity index (χ3v) is 11.0. The van der Waals surface area contributed by atoms with Crippen LogP contribution in [0.1, 0.15) is 103 Å². The molecule has 3 aromatic rings. The van der Waals surface area contributed by atoms with Crippen LogP contribution in [-0.4, -0.2) is 93.0 Å². The smallest absolute Gasteiger partial charge is 0.289 e. The van der Waals surface area contributed by atoms with Gasteiger partial charge in [0.15, 0.2) is 5.82 Å². The zero-order chi connectivity index (χ0) is 40.0. The van der Waals surface area contributed by atoms with E-state index in [0.717, 1.165) is 55.7 Å². The highest BCUT2D eigenvalue weighted by Crippen LogP contribution is 2.32. The largest absolute Gasteiger partial charge is 0.488 e. The number of fused-ring (bicyclic) bond motifs is 1. The molecule has 2 aromatic carbocycles. The van der Waals surface area contributed by atoms with Crippen molar-refractivity contribution in [3.8, 4) is 5.75 Å². The van der Waals surface area contributed by atoms with Gasteiger partial charge in [0, 0.05) is 30.2 Å². The van der Waals surface area contributed by atoms with E-state index in [0.29, 0.717) is 12.2 Å². The fraction of sp³-hybridized carbons (Fsp3) is 0.548. The summed E-state index contributed by atoms with van der Waals surface area (Å²) in [6.07, 6.45) is 9.23. The normalized spacial score (nSPS) is 20.4. The lowest BCUT2D eigenvalue weighted by atomic mass is 9.82. The highest BCUT2D eigenvalue weighted by Gasteiger charge is 2.47. The molecule has 5 N–H and O–H groups in total. The van der Waals surface area contributed by atoms with E-state index in [4.69, 9.17) is 4.74 Å². The summed E-state index contributed by atoms with van der Waals surface area (Å²) < 4.78 is 6.53. The first-order valence-corrected chi connectivity index (χ1v) is 20.0. The first-order chi connectivity index (χ1) is 26.8. The first-order valence-electron chi connectivity index (χ1n) is 20.0. The molecule has 1 saturated heterocycles. The molecule has 0 unspecified atom stereocenters. The minimum absolute atomic E-state index is 0.0262. The number of H-pyrrole nitrogens is 1. The van der Waals surface area contributed by atoms with E-state index >= 15 is 0 Å². The number of likely N-dealkylation sites (tertiary alicyclic amines) is 1. The summed E-state index contributed by atoms with van der Waals surface area (Å²) >= 11 is 0. The van der Waals surface area contributed by atoms with Crippen molar-refractivity contribution in [3.05, 3.63) is 60.7 Å². The number of Topliss-reactive ketones (excluding diaryl/α,β-unsaturated/α-hetero) is 1. The molecule has 1 aromatic heterocycles.